The molecule has 7 heteroatoms. The molecule has 1 aromatic heterocycles. The first kappa shape index (κ1) is 15.3. The third kappa shape index (κ3) is 4.44. The second kappa shape index (κ2) is 7.05. The van der Waals surface area contributed by atoms with Crippen LogP contribution in [0.4, 0.5) is 11.4 Å². The molecule has 0 aliphatic heterocycles. The summed E-state index contributed by atoms with van der Waals surface area (Å²) in [6.45, 7) is -0.0207. The van der Waals surface area contributed by atoms with Crippen molar-refractivity contribution >= 4 is 39.1 Å². The van der Waals surface area contributed by atoms with Crippen molar-refractivity contribution in [3.05, 3.63) is 46.7 Å². The SMILES string of the molecule is COCC(=O)Nc1cccc(NC(=O)c2cc(Br)c[nH]2)c1. The highest BCUT2D eigenvalue weighted by Crippen LogP contribution is 2.17. The number of halogens is 1. The van der Waals surface area contributed by atoms with Gasteiger partial charge in [0.1, 0.15) is 12.3 Å². The number of hydrogen-bond donors (Lipinski definition) is 3. The molecule has 6 nitrogen and oxygen atoms in total. The second-order valence-corrected chi connectivity index (χ2v) is 5.16. The fourth-order valence-corrected chi connectivity index (χ4v) is 2.04. The lowest BCUT2D eigenvalue weighted by molar-refractivity contribution is -0.119. The lowest BCUT2D eigenvalue weighted by Gasteiger charge is -2.08. The maximum atomic E-state index is 12.0. The molecule has 21 heavy (non-hydrogen) atoms. The number of rotatable bonds is 5. The topological polar surface area (TPSA) is 83.2 Å². The predicted octanol–water partition coefficient (Wildman–Crippen LogP) is 2.61. The molecule has 1 heterocycles. The number of methoxy groups -OCH3 is 1. The van der Waals surface area contributed by atoms with Gasteiger partial charge >= 0.3 is 0 Å². The quantitative estimate of drug-likeness (QED) is 0.774. The average Bonchev–Trinajstić information content (AvgIpc) is 2.86. The maximum Gasteiger partial charge on any atom is 0.272 e. The Hall–Kier alpha value is -2.12. The van der Waals surface area contributed by atoms with E-state index in [4.69, 9.17) is 4.74 Å². The Morgan fingerprint density at radius 1 is 1.24 bits per heavy atom. The number of nitrogens with one attached hydrogen (secondary N) is 3. The number of benzene rings is 1. The van der Waals surface area contributed by atoms with Crippen LogP contribution in [0.5, 0.6) is 0 Å². The van der Waals surface area contributed by atoms with Gasteiger partial charge in [0.2, 0.25) is 5.91 Å². The van der Waals surface area contributed by atoms with Gasteiger partial charge in [-0.2, -0.15) is 0 Å². The number of carbonyl (C=O) groups is 2. The monoisotopic (exact) mass is 351 g/mol. The summed E-state index contributed by atoms with van der Waals surface area (Å²) in [5.41, 5.74) is 1.61. The summed E-state index contributed by atoms with van der Waals surface area (Å²) >= 11 is 3.27. The van der Waals surface area contributed by atoms with Crippen molar-refractivity contribution in [2.45, 2.75) is 0 Å². The normalized spacial score (nSPS) is 10.2. The molecule has 0 aliphatic rings. The van der Waals surface area contributed by atoms with Gasteiger partial charge in [0.05, 0.1) is 0 Å². The number of aromatic nitrogens is 1. The molecule has 0 bridgehead atoms. The van der Waals surface area contributed by atoms with Crippen LogP contribution in [0.1, 0.15) is 10.5 Å². The Labute approximate surface area is 130 Å². The van der Waals surface area contributed by atoms with E-state index in [9.17, 15) is 9.59 Å². The summed E-state index contributed by atoms with van der Waals surface area (Å²) in [5, 5.41) is 5.41. The summed E-state index contributed by atoms with van der Waals surface area (Å²) in [6, 6.07) is 8.56. The van der Waals surface area contributed by atoms with Crippen LogP contribution in [0, 0.1) is 0 Å². The molecule has 0 radical (unpaired) electrons. The third-order valence-corrected chi connectivity index (χ3v) is 3.03. The average molecular weight is 352 g/mol. The summed E-state index contributed by atoms with van der Waals surface area (Å²) in [6.07, 6.45) is 1.68. The van der Waals surface area contributed by atoms with Gasteiger partial charge in [-0.1, -0.05) is 6.07 Å². The molecule has 0 fully saturated rings. The van der Waals surface area contributed by atoms with Gasteiger partial charge in [-0.05, 0) is 40.2 Å². The van der Waals surface area contributed by atoms with Crippen molar-refractivity contribution in [1.29, 1.82) is 0 Å². The number of anilines is 2. The Bertz CT molecular complexity index is 654. The highest BCUT2D eigenvalue weighted by molar-refractivity contribution is 9.10. The van der Waals surface area contributed by atoms with Gasteiger partial charge in [-0.3, -0.25) is 9.59 Å². The summed E-state index contributed by atoms with van der Waals surface area (Å²) in [5.74, 6) is -0.518. The standard InChI is InChI=1S/C14H14BrN3O3/c1-21-8-13(19)17-10-3-2-4-11(6-10)18-14(20)12-5-9(15)7-16-12/h2-7,16H,8H2,1H3,(H,17,19)(H,18,20). The maximum absolute atomic E-state index is 12.0. The van der Waals surface area contributed by atoms with Crippen molar-refractivity contribution in [2.75, 3.05) is 24.4 Å². The molecule has 0 aliphatic carbocycles. The van der Waals surface area contributed by atoms with E-state index in [1.165, 1.54) is 7.11 Å². The van der Waals surface area contributed by atoms with E-state index < -0.39 is 0 Å². The molecule has 1 aromatic carbocycles. The van der Waals surface area contributed by atoms with Crippen LogP contribution in [0.25, 0.3) is 0 Å². The minimum atomic E-state index is -0.263. The first-order valence-electron chi connectivity index (χ1n) is 6.12. The van der Waals surface area contributed by atoms with Gasteiger partial charge in [0, 0.05) is 29.2 Å². The van der Waals surface area contributed by atoms with Gasteiger partial charge in [-0.15, -0.1) is 0 Å². The van der Waals surface area contributed by atoms with Crippen LogP contribution < -0.4 is 10.6 Å². The zero-order valence-electron chi connectivity index (χ0n) is 11.3. The van der Waals surface area contributed by atoms with Crippen LogP contribution in [-0.2, 0) is 9.53 Å². The van der Waals surface area contributed by atoms with E-state index in [-0.39, 0.29) is 18.4 Å². The van der Waals surface area contributed by atoms with Gasteiger partial charge in [0.15, 0.2) is 0 Å². The fraction of sp³-hybridized carbons (Fsp3) is 0.143. The number of aromatic amines is 1. The van der Waals surface area contributed by atoms with Crippen LogP contribution in [0.2, 0.25) is 0 Å². The van der Waals surface area contributed by atoms with Crippen molar-refractivity contribution in [2.24, 2.45) is 0 Å². The summed E-state index contributed by atoms with van der Waals surface area (Å²) < 4.78 is 5.54. The first-order valence-corrected chi connectivity index (χ1v) is 6.92. The van der Waals surface area contributed by atoms with E-state index in [0.29, 0.717) is 17.1 Å². The molecule has 0 saturated heterocycles. The molecule has 0 spiro atoms. The highest BCUT2D eigenvalue weighted by Gasteiger charge is 2.09. The van der Waals surface area contributed by atoms with Gasteiger partial charge < -0.3 is 20.4 Å². The number of amides is 2. The van der Waals surface area contributed by atoms with E-state index in [1.807, 2.05) is 0 Å². The van der Waals surface area contributed by atoms with Crippen molar-refractivity contribution in [3.63, 3.8) is 0 Å². The Morgan fingerprint density at radius 3 is 2.57 bits per heavy atom. The van der Waals surface area contributed by atoms with Crippen molar-refractivity contribution < 1.29 is 14.3 Å². The molecule has 2 aromatic rings. The Balaban J connectivity index is 2.04. The molecular formula is C14H14BrN3O3. The number of ether oxygens (including phenoxy) is 1. The zero-order chi connectivity index (χ0) is 15.2. The van der Waals surface area contributed by atoms with Crippen LogP contribution in [0.15, 0.2) is 41.0 Å². The van der Waals surface area contributed by atoms with E-state index in [2.05, 4.69) is 31.5 Å². The second-order valence-electron chi connectivity index (χ2n) is 4.25. The van der Waals surface area contributed by atoms with E-state index in [0.717, 1.165) is 4.47 Å². The minimum absolute atomic E-state index is 0.0207. The third-order valence-electron chi connectivity index (χ3n) is 2.57. The lowest BCUT2D eigenvalue weighted by atomic mass is 10.2. The summed E-state index contributed by atoms with van der Waals surface area (Å²) in [4.78, 5) is 26.3. The molecule has 3 N–H and O–H groups in total. The number of H-pyrrole nitrogens is 1. The van der Waals surface area contributed by atoms with Crippen molar-refractivity contribution in [1.82, 2.24) is 4.98 Å². The fourth-order valence-electron chi connectivity index (χ4n) is 1.70. The highest BCUT2D eigenvalue weighted by atomic mass is 79.9. The van der Waals surface area contributed by atoms with E-state index in [1.54, 1.807) is 36.5 Å². The minimum Gasteiger partial charge on any atom is -0.375 e. The molecule has 0 unspecified atom stereocenters. The number of hydrogen-bond acceptors (Lipinski definition) is 3. The van der Waals surface area contributed by atoms with Gasteiger partial charge in [0.25, 0.3) is 5.91 Å². The smallest absolute Gasteiger partial charge is 0.272 e. The van der Waals surface area contributed by atoms with Crippen molar-refractivity contribution in [3.8, 4) is 0 Å². The largest absolute Gasteiger partial charge is 0.375 e. The van der Waals surface area contributed by atoms with Crippen LogP contribution in [0.3, 0.4) is 0 Å². The van der Waals surface area contributed by atoms with Crippen LogP contribution >= 0.6 is 15.9 Å². The van der Waals surface area contributed by atoms with Crippen LogP contribution in [-0.4, -0.2) is 30.5 Å². The Kier molecular flexibility index (Phi) is 5.13. The molecule has 2 amide bonds. The van der Waals surface area contributed by atoms with Gasteiger partial charge in [-0.25, -0.2) is 0 Å². The zero-order valence-corrected chi connectivity index (χ0v) is 12.9. The summed E-state index contributed by atoms with van der Waals surface area (Å²) in [7, 11) is 1.45. The molecule has 110 valence electrons. The molecule has 0 atom stereocenters. The predicted molar refractivity (Wildman–Crippen MR) is 83.4 cm³/mol. The molecule has 2 rings (SSSR count). The molecular weight excluding hydrogens is 338 g/mol. The first-order chi connectivity index (χ1) is 10.1. The molecule has 0 saturated carbocycles. The lowest BCUT2D eigenvalue weighted by Crippen LogP contribution is -2.17. The number of carbonyl (C=O) groups excluding carboxylic acids is 2. The Morgan fingerprint density at radius 2 is 1.95 bits per heavy atom. The van der Waals surface area contributed by atoms with E-state index >= 15 is 0 Å².